The average molecular weight is 438 g/mol. The minimum Gasteiger partial charge on any atom is -0.492 e. The predicted molar refractivity (Wildman–Crippen MR) is 126 cm³/mol. The number of ether oxygens (including phenoxy) is 2. The van der Waals surface area contributed by atoms with Crippen LogP contribution in [-0.4, -0.2) is 29.3 Å². The second-order valence-electron chi connectivity index (χ2n) is 9.30. The topological polar surface area (TPSA) is 67.8 Å². The number of carboxylic acid groups (broad SMARTS) is 1. The molecule has 5 heteroatoms. The molecule has 0 radical (unpaired) electrons. The smallest absolute Gasteiger partial charge is 0.323 e. The molecule has 1 heterocycles. The number of aryl methyl sites for hydroxylation is 1. The SMILES string of the molecule is CCc1cccc(C(C)CC)c1COc1ccc2c(c1)OCC(NC1(C(=O)O)CCC1)C2. The zero-order valence-corrected chi connectivity index (χ0v) is 19.4. The van der Waals surface area contributed by atoms with E-state index >= 15 is 0 Å². The Kier molecular flexibility index (Phi) is 6.75. The summed E-state index contributed by atoms with van der Waals surface area (Å²) in [5.74, 6) is 1.39. The number of hydrogen-bond acceptors (Lipinski definition) is 4. The van der Waals surface area contributed by atoms with Gasteiger partial charge in [0, 0.05) is 12.1 Å². The molecule has 2 N–H and O–H groups in total. The van der Waals surface area contributed by atoms with Gasteiger partial charge >= 0.3 is 5.97 Å². The van der Waals surface area contributed by atoms with Crippen molar-refractivity contribution < 1.29 is 19.4 Å². The Morgan fingerprint density at radius 3 is 2.75 bits per heavy atom. The molecule has 172 valence electrons. The van der Waals surface area contributed by atoms with Crippen molar-refractivity contribution >= 4 is 5.97 Å². The Bertz CT molecular complexity index is 966. The molecular formula is C27H35NO4. The van der Waals surface area contributed by atoms with E-state index in [1.165, 1.54) is 16.7 Å². The fourth-order valence-corrected chi connectivity index (χ4v) is 4.88. The number of nitrogens with one attached hydrogen (secondary N) is 1. The zero-order chi connectivity index (χ0) is 22.7. The standard InChI is InChI=1S/C27H35NO4/c1-4-18(3)23-9-6-8-19(5-2)24(23)17-31-22-11-10-20-14-21(16-32-25(20)15-22)28-27(26(29)30)12-7-13-27/h6,8-11,15,18,21,28H,4-5,7,12-14,16-17H2,1-3H3,(H,29,30). The molecular weight excluding hydrogens is 402 g/mol. The van der Waals surface area contributed by atoms with Crippen molar-refractivity contribution in [3.8, 4) is 11.5 Å². The van der Waals surface area contributed by atoms with Crippen molar-refractivity contribution in [1.82, 2.24) is 5.32 Å². The molecule has 0 bridgehead atoms. The van der Waals surface area contributed by atoms with Crippen LogP contribution < -0.4 is 14.8 Å². The van der Waals surface area contributed by atoms with Gasteiger partial charge in [0.15, 0.2) is 0 Å². The maximum Gasteiger partial charge on any atom is 0.323 e. The summed E-state index contributed by atoms with van der Waals surface area (Å²) in [4.78, 5) is 11.7. The molecule has 1 fully saturated rings. The van der Waals surface area contributed by atoms with E-state index in [9.17, 15) is 9.90 Å². The Balaban J connectivity index is 1.44. The second-order valence-corrected chi connectivity index (χ2v) is 9.30. The van der Waals surface area contributed by atoms with Crippen LogP contribution in [0.15, 0.2) is 36.4 Å². The molecule has 2 aromatic rings. The van der Waals surface area contributed by atoms with Crippen LogP contribution in [0.4, 0.5) is 0 Å². The molecule has 2 unspecified atom stereocenters. The largest absolute Gasteiger partial charge is 0.492 e. The van der Waals surface area contributed by atoms with E-state index in [2.05, 4.69) is 44.3 Å². The van der Waals surface area contributed by atoms with Gasteiger partial charge in [0.25, 0.3) is 0 Å². The third kappa shape index (κ3) is 4.49. The quantitative estimate of drug-likeness (QED) is 0.561. The summed E-state index contributed by atoms with van der Waals surface area (Å²) in [6.45, 7) is 7.71. The summed E-state index contributed by atoms with van der Waals surface area (Å²) < 4.78 is 12.2. The molecule has 1 aliphatic heterocycles. The lowest BCUT2D eigenvalue weighted by atomic mass is 9.76. The molecule has 1 saturated carbocycles. The van der Waals surface area contributed by atoms with Gasteiger partial charge in [-0.1, -0.05) is 45.0 Å². The fraction of sp³-hybridized carbons (Fsp3) is 0.519. The highest BCUT2D eigenvalue weighted by molar-refractivity contribution is 5.80. The molecule has 0 saturated heterocycles. The van der Waals surface area contributed by atoms with Crippen LogP contribution in [0.2, 0.25) is 0 Å². The first-order chi connectivity index (χ1) is 15.5. The van der Waals surface area contributed by atoms with Crippen LogP contribution in [0.3, 0.4) is 0 Å². The Hall–Kier alpha value is -2.53. The Morgan fingerprint density at radius 1 is 1.28 bits per heavy atom. The lowest BCUT2D eigenvalue weighted by Gasteiger charge is -2.42. The molecule has 0 amide bonds. The van der Waals surface area contributed by atoms with Gasteiger partial charge in [0.2, 0.25) is 0 Å². The van der Waals surface area contributed by atoms with Gasteiger partial charge in [-0.05, 0) is 72.8 Å². The first kappa shape index (κ1) is 22.7. The lowest BCUT2D eigenvalue weighted by molar-refractivity contribution is -0.149. The number of hydrogen-bond donors (Lipinski definition) is 2. The summed E-state index contributed by atoms with van der Waals surface area (Å²) in [6, 6.07) is 12.6. The first-order valence-corrected chi connectivity index (χ1v) is 12.0. The van der Waals surface area contributed by atoms with Crippen molar-refractivity contribution in [1.29, 1.82) is 0 Å². The monoisotopic (exact) mass is 437 g/mol. The van der Waals surface area contributed by atoms with E-state index in [-0.39, 0.29) is 6.04 Å². The number of carboxylic acids is 1. The van der Waals surface area contributed by atoms with Gasteiger partial charge in [0.1, 0.15) is 30.3 Å². The van der Waals surface area contributed by atoms with E-state index in [1.54, 1.807) is 0 Å². The lowest BCUT2D eigenvalue weighted by Crippen LogP contribution is -2.62. The van der Waals surface area contributed by atoms with Gasteiger partial charge in [-0.25, -0.2) is 0 Å². The zero-order valence-electron chi connectivity index (χ0n) is 19.4. The number of rotatable bonds is 9. The molecule has 0 spiro atoms. The van der Waals surface area contributed by atoms with Crippen LogP contribution in [0, 0.1) is 0 Å². The van der Waals surface area contributed by atoms with E-state index in [1.807, 2.05) is 18.2 Å². The van der Waals surface area contributed by atoms with Crippen molar-refractivity contribution in [2.45, 2.75) is 83.4 Å². The predicted octanol–water partition coefficient (Wildman–Crippen LogP) is 5.24. The molecule has 2 aliphatic rings. The molecule has 2 aromatic carbocycles. The molecule has 1 aliphatic carbocycles. The summed E-state index contributed by atoms with van der Waals surface area (Å²) in [5.41, 5.74) is 4.34. The summed E-state index contributed by atoms with van der Waals surface area (Å²) >= 11 is 0. The van der Waals surface area contributed by atoms with Gasteiger partial charge in [-0.3, -0.25) is 10.1 Å². The number of aliphatic carboxylic acids is 1. The van der Waals surface area contributed by atoms with Crippen LogP contribution in [0.5, 0.6) is 11.5 Å². The van der Waals surface area contributed by atoms with E-state index in [0.29, 0.717) is 32.0 Å². The highest BCUT2D eigenvalue weighted by Crippen LogP contribution is 2.35. The maximum atomic E-state index is 11.7. The normalized spacial score (nSPS) is 19.9. The van der Waals surface area contributed by atoms with Crippen molar-refractivity contribution in [3.05, 3.63) is 58.7 Å². The molecule has 0 aromatic heterocycles. The van der Waals surface area contributed by atoms with Gasteiger partial charge in [-0.2, -0.15) is 0 Å². The maximum absolute atomic E-state index is 11.7. The van der Waals surface area contributed by atoms with Crippen LogP contribution in [0.1, 0.15) is 74.6 Å². The van der Waals surface area contributed by atoms with Crippen LogP contribution in [-0.2, 0) is 24.2 Å². The molecule has 5 nitrogen and oxygen atoms in total. The average Bonchev–Trinajstić information content (AvgIpc) is 2.78. The Morgan fingerprint density at radius 2 is 2.09 bits per heavy atom. The summed E-state index contributed by atoms with van der Waals surface area (Å²) in [7, 11) is 0. The first-order valence-electron chi connectivity index (χ1n) is 12.0. The van der Waals surface area contributed by atoms with Crippen LogP contribution in [0.25, 0.3) is 0 Å². The molecule has 2 atom stereocenters. The third-order valence-electron chi connectivity index (χ3n) is 7.26. The van der Waals surface area contributed by atoms with E-state index < -0.39 is 11.5 Å². The summed E-state index contributed by atoms with van der Waals surface area (Å²) in [6.07, 6.45) is 5.20. The van der Waals surface area contributed by atoms with Gasteiger partial charge in [-0.15, -0.1) is 0 Å². The van der Waals surface area contributed by atoms with Gasteiger partial charge in [0.05, 0.1) is 0 Å². The minimum absolute atomic E-state index is 0.0141. The fourth-order valence-electron chi connectivity index (χ4n) is 4.88. The van der Waals surface area contributed by atoms with Crippen molar-refractivity contribution in [3.63, 3.8) is 0 Å². The highest BCUT2D eigenvalue weighted by Gasteiger charge is 2.46. The van der Waals surface area contributed by atoms with E-state index in [4.69, 9.17) is 9.47 Å². The minimum atomic E-state index is -0.769. The number of carbonyl (C=O) groups is 1. The summed E-state index contributed by atoms with van der Waals surface area (Å²) in [5, 5.41) is 12.9. The molecule has 4 rings (SSSR count). The highest BCUT2D eigenvalue weighted by atomic mass is 16.5. The van der Waals surface area contributed by atoms with Crippen molar-refractivity contribution in [2.24, 2.45) is 0 Å². The van der Waals surface area contributed by atoms with Gasteiger partial charge < -0.3 is 14.6 Å². The Labute approximate surface area is 191 Å². The van der Waals surface area contributed by atoms with Crippen LogP contribution >= 0.6 is 0 Å². The second kappa shape index (κ2) is 9.53. The number of benzene rings is 2. The molecule has 32 heavy (non-hydrogen) atoms. The number of fused-ring (bicyclic) bond motifs is 1. The van der Waals surface area contributed by atoms with E-state index in [0.717, 1.165) is 42.7 Å². The van der Waals surface area contributed by atoms with Crippen molar-refractivity contribution in [2.75, 3.05) is 6.61 Å². The third-order valence-corrected chi connectivity index (χ3v) is 7.26.